The first kappa shape index (κ1) is 18.8. The molecule has 0 unspecified atom stereocenters. The van der Waals surface area contributed by atoms with Gasteiger partial charge in [0.15, 0.2) is 11.0 Å². The van der Waals surface area contributed by atoms with E-state index in [1.165, 1.54) is 11.3 Å². The van der Waals surface area contributed by atoms with E-state index in [-0.39, 0.29) is 12.2 Å². The zero-order valence-electron chi connectivity index (χ0n) is 15.9. The second-order valence-electron chi connectivity index (χ2n) is 6.21. The van der Waals surface area contributed by atoms with E-state index in [4.69, 9.17) is 9.72 Å². The van der Waals surface area contributed by atoms with Crippen molar-refractivity contribution >= 4 is 33.5 Å². The zero-order valence-corrected chi connectivity index (χ0v) is 16.7. The second-order valence-corrected chi connectivity index (χ2v) is 7.21. The van der Waals surface area contributed by atoms with Crippen molar-refractivity contribution in [2.24, 2.45) is 0 Å². The van der Waals surface area contributed by atoms with Gasteiger partial charge < -0.3 is 4.74 Å². The molecule has 0 spiro atoms. The fourth-order valence-electron chi connectivity index (χ4n) is 3.01. The third-order valence-electron chi connectivity index (χ3n) is 4.27. The van der Waals surface area contributed by atoms with Crippen molar-refractivity contribution in [3.63, 3.8) is 0 Å². The first-order valence-electron chi connectivity index (χ1n) is 9.07. The normalized spacial score (nSPS) is 10.8. The average molecular weight is 406 g/mol. The Hall–Kier alpha value is -3.52. The van der Waals surface area contributed by atoms with Gasteiger partial charge in [-0.25, -0.2) is 14.8 Å². The highest BCUT2D eigenvalue weighted by Gasteiger charge is 2.20. The van der Waals surface area contributed by atoms with Crippen LogP contribution in [0, 0.1) is 6.92 Å². The maximum absolute atomic E-state index is 13.3. The molecule has 2 heterocycles. The molecule has 29 heavy (non-hydrogen) atoms. The number of carbonyl (C=O) groups is 1. The van der Waals surface area contributed by atoms with Crippen LogP contribution in [-0.2, 0) is 4.74 Å². The molecule has 0 fully saturated rings. The van der Waals surface area contributed by atoms with E-state index in [1.54, 1.807) is 17.6 Å². The Labute approximate surface area is 170 Å². The standard InChI is InChI=1S/C21H18N4O3S/c1-3-28-21(27)24-20-22-13(2)17(29-20)18-23-16-12-8-7-11-15(16)19(26)25(18)14-9-5-4-6-10-14/h4-12H,3H2,1-2H3,(H,22,24,27). The molecular formula is C21H18N4O3S. The van der Waals surface area contributed by atoms with Crippen LogP contribution < -0.4 is 10.9 Å². The van der Waals surface area contributed by atoms with Crippen LogP contribution in [0.3, 0.4) is 0 Å². The SMILES string of the molecule is CCOC(=O)Nc1nc(C)c(-c2nc3ccccc3c(=O)n2-c2ccccc2)s1. The van der Waals surface area contributed by atoms with Crippen molar-refractivity contribution in [2.75, 3.05) is 11.9 Å². The number of anilines is 1. The summed E-state index contributed by atoms with van der Waals surface area (Å²) in [7, 11) is 0. The fraction of sp³-hybridized carbons (Fsp3) is 0.143. The molecule has 0 aliphatic heterocycles. The van der Waals surface area contributed by atoms with Gasteiger partial charge in [-0.15, -0.1) is 0 Å². The summed E-state index contributed by atoms with van der Waals surface area (Å²) in [6.07, 6.45) is -0.570. The van der Waals surface area contributed by atoms with Crippen molar-refractivity contribution in [1.82, 2.24) is 14.5 Å². The fourth-order valence-corrected chi connectivity index (χ4v) is 3.95. The monoisotopic (exact) mass is 406 g/mol. The topological polar surface area (TPSA) is 86.1 Å². The van der Waals surface area contributed by atoms with Crippen molar-refractivity contribution in [1.29, 1.82) is 0 Å². The average Bonchev–Trinajstić information content (AvgIpc) is 3.08. The van der Waals surface area contributed by atoms with Gasteiger partial charge in [0, 0.05) is 0 Å². The molecule has 4 aromatic rings. The van der Waals surface area contributed by atoms with Gasteiger partial charge in [-0.3, -0.25) is 14.7 Å². The Balaban J connectivity index is 1.93. The summed E-state index contributed by atoms with van der Waals surface area (Å²) in [5.74, 6) is 0.479. The molecule has 0 aliphatic carbocycles. The van der Waals surface area contributed by atoms with Crippen LogP contribution in [0.25, 0.3) is 27.3 Å². The van der Waals surface area contributed by atoms with E-state index in [0.29, 0.717) is 38.1 Å². The molecule has 0 radical (unpaired) electrons. The van der Waals surface area contributed by atoms with Crippen LogP contribution in [0.4, 0.5) is 9.93 Å². The van der Waals surface area contributed by atoms with Gasteiger partial charge in [-0.05, 0) is 38.1 Å². The zero-order chi connectivity index (χ0) is 20.4. The molecule has 0 saturated carbocycles. The molecule has 0 atom stereocenters. The predicted octanol–water partition coefficient (Wildman–Crippen LogP) is 4.39. The third kappa shape index (κ3) is 3.62. The lowest BCUT2D eigenvalue weighted by Gasteiger charge is -2.13. The van der Waals surface area contributed by atoms with Crippen LogP contribution in [0.2, 0.25) is 0 Å². The first-order chi connectivity index (χ1) is 14.1. The molecule has 2 aromatic heterocycles. The summed E-state index contributed by atoms with van der Waals surface area (Å²) in [5.41, 5.74) is 1.81. The van der Waals surface area contributed by atoms with E-state index in [2.05, 4.69) is 10.3 Å². The number of benzene rings is 2. The molecule has 0 saturated heterocycles. The molecule has 7 nitrogen and oxygen atoms in total. The third-order valence-corrected chi connectivity index (χ3v) is 5.34. The summed E-state index contributed by atoms with van der Waals surface area (Å²) >= 11 is 1.25. The van der Waals surface area contributed by atoms with Gasteiger partial charge in [0.25, 0.3) is 5.56 Å². The lowest BCUT2D eigenvalue weighted by atomic mass is 10.2. The van der Waals surface area contributed by atoms with Gasteiger partial charge in [-0.1, -0.05) is 41.7 Å². The van der Waals surface area contributed by atoms with Gasteiger partial charge in [0.05, 0.1) is 33.8 Å². The minimum absolute atomic E-state index is 0.162. The summed E-state index contributed by atoms with van der Waals surface area (Å²) in [6.45, 7) is 3.82. The lowest BCUT2D eigenvalue weighted by molar-refractivity contribution is 0.168. The second kappa shape index (κ2) is 7.84. The van der Waals surface area contributed by atoms with Crippen LogP contribution in [0.5, 0.6) is 0 Å². The van der Waals surface area contributed by atoms with E-state index in [1.807, 2.05) is 55.5 Å². The number of aromatic nitrogens is 3. The number of rotatable bonds is 4. The largest absolute Gasteiger partial charge is 0.450 e. The molecular weight excluding hydrogens is 388 g/mol. The Morgan fingerprint density at radius 1 is 1.10 bits per heavy atom. The van der Waals surface area contributed by atoms with Crippen molar-refractivity contribution in [2.45, 2.75) is 13.8 Å². The van der Waals surface area contributed by atoms with E-state index in [9.17, 15) is 9.59 Å². The minimum Gasteiger partial charge on any atom is -0.450 e. The summed E-state index contributed by atoms with van der Waals surface area (Å²) < 4.78 is 6.50. The minimum atomic E-state index is -0.570. The lowest BCUT2D eigenvalue weighted by Crippen LogP contribution is -2.21. The maximum atomic E-state index is 13.3. The van der Waals surface area contributed by atoms with Crippen LogP contribution in [0.15, 0.2) is 59.4 Å². The number of para-hydroxylation sites is 2. The molecule has 8 heteroatoms. The molecule has 4 rings (SSSR count). The van der Waals surface area contributed by atoms with Crippen LogP contribution in [-0.4, -0.2) is 27.2 Å². The number of nitrogens with one attached hydrogen (secondary N) is 1. The summed E-state index contributed by atoms with van der Waals surface area (Å²) in [5, 5.41) is 3.54. The quantitative estimate of drug-likeness (QED) is 0.543. The highest BCUT2D eigenvalue weighted by atomic mass is 32.1. The number of hydrogen-bond acceptors (Lipinski definition) is 6. The predicted molar refractivity (Wildman–Crippen MR) is 114 cm³/mol. The number of nitrogens with zero attached hydrogens (tertiary/aromatic N) is 3. The molecule has 0 aliphatic rings. The van der Waals surface area contributed by atoms with Gasteiger partial charge >= 0.3 is 6.09 Å². The number of aryl methyl sites for hydroxylation is 1. The van der Waals surface area contributed by atoms with Crippen molar-refractivity contribution < 1.29 is 9.53 Å². The molecule has 1 N–H and O–H groups in total. The summed E-state index contributed by atoms with van der Waals surface area (Å²) in [4.78, 5) is 34.9. The number of carbonyl (C=O) groups excluding carboxylic acids is 1. The number of thiazole rings is 1. The molecule has 2 aromatic carbocycles. The van der Waals surface area contributed by atoms with Crippen molar-refractivity contribution in [3.05, 3.63) is 70.6 Å². The van der Waals surface area contributed by atoms with Crippen LogP contribution in [0.1, 0.15) is 12.6 Å². The number of fused-ring (bicyclic) bond motifs is 1. The number of amides is 1. The van der Waals surface area contributed by atoms with Gasteiger partial charge in [0.2, 0.25) is 0 Å². The van der Waals surface area contributed by atoms with Crippen LogP contribution >= 0.6 is 11.3 Å². The smallest absolute Gasteiger partial charge is 0.413 e. The maximum Gasteiger partial charge on any atom is 0.413 e. The Kier molecular flexibility index (Phi) is 5.09. The molecule has 146 valence electrons. The van der Waals surface area contributed by atoms with E-state index in [0.717, 1.165) is 0 Å². The van der Waals surface area contributed by atoms with Gasteiger partial charge in [0.1, 0.15) is 0 Å². The van der Waals surface area contributed by atoms with Crippen molar-refractivity contribution in [3.8, 4) is 16.4 Å². The Morgan fingerprint density at radius 3 is 2.59 bits per heavy atom. The highest BCUT2D eigenvalue weighted by molar-refractivity contribution is 7.19. The summed E-state index contributed by atoms with van der Waals surface area (Å²) in [6, 6.07) is 16.6. The van der Waals surface area contributed by atoms with E-state index >= 15 is 0 Å². The van der Waals surface area contributed by atoms with Gasteiger partial charge in [-0.2, -0.15) is 0 Å². The highest BCUT2D eigenvalue weighted by Crippen LogP contribution is 2.33. The molecule has 1 amide bonds. The Morgan fingerprint density at radius 2 is 1.83 bits per heavy atom. The number of ether oxygens (including phenoxy) is 1. The van der Waals surface area contributed by atoms with E-state index < -0.39 is 6.09 Å². The molecule has 0 bridgehead atoms. The first-order valence-corrected chi connectivity index (χ1v) is 9.89. The Bertz CT molecular complexity index is 1250. The number of hydrogen-bond donors (Lipinski definition) is 1.